The first-order valence-electron chi connectivity index (χ1n) is 15.2. The minimum Gasteiger partial charge on any atom is -0.371 e. The Morgan fingerprint density at radius 1 is 0.675 bits per heavy atom. The third-order valence-corrected chi connectivity index (χ3v) is 8.06. The molecule has 206 valence electrons. The first-order chi connectivity index (χ1) is 19.4. The molecule has 0 N–H and O–H groups in total. The predicted octanol–water partition coefficient (Wildman–Crippen LogP) is 9.91. The van der Waals surface area contributed by atoms with E-state index in [1.54, 1.807) is 0 Å². The van der Waals surface area contributed by atoms with Gasteiger partial charge in [0.15, 0.2) is 6.20 Å². The zero-order valence-corrected chi connectivity index (χ0v) is 25.0. The number of nitrogens with zero attached hydrogens (tertiary/aromatic N) is 2. The highest BCUT2D eigenvalue weighted by atomic mass is 15.1. The quantitative estimate of drug-likeness (QED) is 0.122. The van der Waals surface area contributed by atoms with Crippen LogP contribution in [0.1, 0.15) is 65.0 Å². The molecule has 1 heterocycles. The van der Waals surface area contributed by atoms with E-state index in [1.807, 2.05) is 0 Å². The van der Waals surface area contributed by atoms with E-state index in [2.05, 4.69) is 141 Å². The maximum absolute atomic E-state index is 2.60. The second kappa shape index (κ2) is 12.7. The van der Waals surface area contributed by atoms with Gasteiger partial charge in [0.05, 0.1) is 5.39 Å². The van der Waals surface area contributed by atoms with Crippen molar-refractivity contribution in [1.82, 2.24) is 0 Å². The summed E-state index contributed by atoms with van der Waals surface area (Å²) in [6.07, 6.45) is 10.4. The number of anilines is 1. The highest BCUT2D eigenvalue weighted by Gasteiger charge is 2.13. The molecule has 0 aliphatic rings. The number of benzene rings is 4. The molecule has 0 spiro atoms. The van der Waals surface area contributed by atoms with Gasteiger partial charge in [0.1, 0.15) is 6.54 Å². The van der Waals surface area contributed by atoms with E-state index >= 15 is 0 Å². The highest BCUT2D eigenvalue weighted by molar-refractivity contribution is 6.12. The van der Waals surface area contributed by atoms with Crippen molar-refractivity contribution in [3.63, 3.8) is 0 Å². The van der Waals surface area contributed by atoms with Crippen LogP contribution in [0.3, 0.4) is 0 Å². The van der Waals surface area contributed by atoms with Crippen molar-refractivity contribution in [2.45, 2.75) is 60.4 Å². The molecule has 0 saturated carbocycles. The van der Waals surface area contributed by atoms with E-state index in [4.69, 9.17) is 0 Å². The molecular formula is C38H45N2+. The monoisotopic (exact) mass is 529 g/mol. The van der Waals surface area contributed by atoms with Gasteiger partial charge in [-0.1, -0.05) is 89.2 Å². The van der Waals surface area contributed by atoms with Crippen LogP contribution >= 0.6 is 0 Å². The Balaban J connectivity index is 1.55. The van der Waals surface area contributed by atoms with Crippen LogP contribution in [0.2, 0.25) is 0 Å². The average Bonchev–Trinajstić information content (AvgIpc) is 2.96. The van der Waals surface area contributed by atoms with Crippen LogP contribution in [0.15, 0.2) is 85.1 Å². The SMILES string of the molecule is CCC[n+]1ccc(/C=C/c2cc3ccc(N(CCC(C)C)CCC(C)C)cc3c3ccccc23)c2ccccc21. The number of pyridine rings is 1. The van der Waals surface area contributed by atoms with Crippen LogP contribution in [-0.4, -0.2) is 13.1 Å². The van der Waals surface area contributed by atoms with Crippen LogP contribution < -0.4 is 9.47 Å². The van der Waals surface area contributed by atoms with Crippen molar-refractivity contribution in [1.29, 1.82) is 0 Å². The zero-order valence-electron chi connectivity index (χ0n) is 25.0. The maximum Gasteiger partial charge on any atom is 0.213 e. The van der Waals surface area contributed by atoms with Crippen molar-refractivity contribution >= 4 is 50.3 Å². The van der Waals surface area contributed by atoms with Gasteiger partial charge >= 0.3 is 0 Å². The number of hydrogen-bond donors (Lipinski definition) is 0. The van der Waals surface area contributed by atoms with Crippen LogP contribution in [0.25, 0.3) is 44.6 Å². The number of rotatable bonds is 11. The Morgan fingerprint density at radius 2 is 1.32 bits per heavy atom. The van der Waals surface area contributed by atoms with E-state index in [1.165, 1.54) is 62.1 Å². The Kier molecular flexibility index (Phi) is 8.85. The van der Waals surface area contributed by atoms with E-state index < -0.39 is 0 Å². The largest absolute Gasteiger partial charge is 0.371 e. The van der Waals surface area contributed by atoms with Gasteiger partial charge in [0, 0.05) is 37.3 Å². The maximum atomic E-state index is 2.60. The molecule has 0 atom stereocenters. The van der Waals surface area contributed by atoms with E-state index in [9.17, 15) is 0 Å². The van der Waals surface area contributed by atoms with Crippen molar-refractivity contribution in [2.24, 2.45) is 11.8 Å². The molecule has 0 fully saturated rings. The normalized spacial score (nSPS) is 12.1. The van der Waals surface area contributed by atoms with Crippen molar-refractivity contribution in [3.8, 4) is 0 Å². The summed E-state index contributed by atoms with van der Waals surface area (Å²) in [7, 11) is 0. The van der Waals surface area contributed by atoms with E-state index in [0.717, 1.165) is 26.1 Å². The van der Waals surface area contributed by atoms with Gasteiger partial charge in [-0.25, -0.2) is 0 Å². The van der Waals surface area contributed by atoms with Gasteiger partial charge in [-0.15, -0.1) is 0 Å². The molecular weight excluding hydrogens is 484 g/mol. The smallest absolute Gasteiger partial charge is 0.213 e. The molecule has 0 aliphatic carbocycles. The topological polar surface area (TPSA) is 7.12 Å². The fourth-order valence-corrected chi connectivity index (χ4v) is 5.72. The molecule has 1 aromatic heterocycles. The Bertz CT molecular complexity index is 1610. The summed E-state index contributed by atoms with van der Waals surface area (Å²) in [5, 5.41) is 6.57. The lowest BCUT2D eigenvalue weighted by Gasteiger charge is -2.27. The highest BCUT2D eigenvalue weighted by Crippen LogP contribution is 2.33. The summed E-state index contributed by atoms with van der Waals surface area (Å²) in [4.78, 5) is 2.60. The molecule has 0 unspecified atom stereocenters. The second-order valence-electron chi connectivity index (χ2n) is 12.1. The summed E-state index contributed by atoms with van der Waals surface area (Å²) in [6.45, 7) is 14.8. The van der Waals surface area contributed by atoms with Crippen LogP contribution in [0, 0.1) is 11.8 Å². The molecule has 40 heavy (non-hydrogen) atoms. The Morgan fingerprint density at radius 3 is 2.02 bits per heavy atom. The predicted molar refractivity (Wildman–Crippen MR) is 176 cm³/mol. The molecule has 0 radical (unpaired) electrons. The van der Waals surface area contributed by atoms with Crippen LogP contribution in [-0.2, 0) is 6.54 Å². The van der Waals surface area contributed by atoms with Gasteiger partial charge in [0.2, 0.25) is 5.52 Å². The second-order valence-corrected chi connectivity index (χ2v) is 12.1. The van der Waals surface area contributed by atoms with Crippen molar-refractivity contribution in [2.75, 3.05) is 18.0 Å². The molecule has 0 bridgehead atoms. The number of aromatic nitrogens is 1. The average molecular weight is 530 g/mol. The number of fused-ring (bicyclic) bond motifs is 4. The van der Waals surface area contributed by atoms with Gasteiger partial charge in [-0.3, -0.25) is 0 Å². The molecule has 0 amide bonds. The minimum atomic E-state index is 0.704. The van der Waals surface area contributed by atoms with E-state index in [-0.39, 0.29) is 0 Å². The van der Waals surface area contributed by atoms with Crippen LogP contribution in [0.4, 0.5) is 5.69 Å². The van der Waals surface area contributed by atoms with Gasteiger partial charge in [0.25, 0.3) is 0 Å². The summed E-state index contributed by atoms with van der Waals surface area (Å²) in [6, 6.07) is 29.4. The number of hydrogen-bond acceptors (Lipinski definition) is 1. The molecule has 5 rings (SSSR count). The molecule has 2 heteroatoms. The Hall–Kier alpha value is -3.65. The lowest BCUT2D eigenvalue weighted by molar-refractivity contribution is -0.671. The van der Waals surface area contributed by atoms with Crippen LogP contribution in [0.5, 0.6) is 0 Å². The fourth-order valence-electron chi connectivity index (χ4n) is 5.72. The number of aryl methyl sites for hydroxylation is 1. The lowest BCUT2D eigenvalue weighted by Crippen LogP contribution is -2.33. The summed E-state index contributed by atoms with van der Waals surface area (Å²) < 4.78 is 2.36. The molecule has 4 aromatic carbocycles. The zero-order chi connectivity index (χ0) is 28.1. The molecule has 0 aliphatic heterocycles. The number of para-hydroxylation sites is 1. The summed E-state index contributed by atoms with van der Waals surface area (Å²) in [5.74, 6) is 1.41. The third kappa shape index (κ3) is 6.22. The summed E-state index contributed by atoms with van der Waals surface area (Å²) in [5.41, 5.74) is 5.16. The molecule has 2 nitrogen and oxygen atoms in total. The molecule has 0 saturated heterocycles. The van der Waals surface area contributed by atoms with Gasteiger partial charge in [-0.2, -0.15) is 4.57 Å². The van der Waals surface area contributed by atoms with Crippen molar-refractivity contribution in [3.05, 3.63) is 96.2 Å². The van der Waals surface area contributed by atoms with Crippen molar-refractivity contribution < 1.29 is 4.57 Å². The first-order valence-corrected chi connectivity index (χ1v) is 15.2. The summed E-state index contributed by atoms with van der Waals surface area (Å²) >= 11 is 0. The van der Waals surface area contributed by atoms with Gasteiger partial charge in [-0.05, 0) is 81.6 Å². The van der Waals surface area contributed by atoms with Gasteiger partial charge < -0.3 is 4.90 Å². The lowest BCUT2D eigenvalue weighted by atomic mass is 9.95. The third-order valence-electron chi connectivity index (χ3n) is 8.06. The van der Waals surface area contributed by atoms with E-state index in [0.29, 0.717) is 11.8 Å². The Labute approximate surface area is 241 Å². The fraction of sp³-hybridized carbons (Fsp3) is 0.342. The first kappa shape index (κ1) is 27.9. The molecule has 5 aromatic rings. The standard InChI is InChI=1S/C38H45N2/c1-6-22-40-25-21-30(35-12-9-10-14-38(35)40)15-16-31-26-32-17-18-33(27-37(32)36-13-8-7-11-34(31)36)39(23-19-28(2)3)24-20-29(4)5/h7-18,21,25-29H,6,19-20,22-24H2,1-5H3/q+1. The minimum absolute atomic E-state index is 0.704.